The highest BCUT2D eigenvalue weighted by Gasteiger charge is 2.18. The summed E-state index contributed by atoms with van der Waals surface area (Å²) in [6.45, 7) is 0.458. The fraction of sp³-hybridized carbons (Fsp3) is 0.125. The first-order chi connectivity index (χ1) is 15.2. The molecule has 4 aromatic rings. The van der Waals surface area contributed by atoms with E-state index in [2.05, 4.69) is 20.5 Å². The van der Waals surface area contributed by atoms with Crippen LogP contribution in [0.3, 0.4) is 0 Å². The van der Waals surface area contributed by atoms with E-state index in [-0.39, 0.29) is 11.7 Å². The number of ether oxygens (including phenoxy) is 1. The maximum Gasteiger partial charge on any atom is 0.255 e. The third kappa shape index (κ3) is 4.61. The number of carbonyl (C=O) groups excluding carboxylic acids is 1. The van der Waals surface area contributed by atoms with E-state index >= 15 is 0 Å². The Morgan fingerprint density at radius 3 is 2.71 bits per heavy atom. The summed E-state index contributed by atoms with van der Waals surface area (Å²) >= 11 is 0. The third-order valence-corrected chi connectivity index (χ3v) is 4.86. The van der Waals surface area contributed by atoms with Crippen molar-refractivity contribution < 1.29 is 13.9 Å². The van der Waals surface area contributed by atoms with E-state index in [1.54, 1.807) is 30.5 Å². The molecule has 0 atom stereocenters. The smallest absolute Gasteiger partial charge is 0.255 e. The number of pyridine rings is 1. The monoisotopic (exact) mass is 416 g/mol. The van der Waals surface area contributed by atoms with Crippen LogP contribution in [-0.4, -0.2) is 34.7 Å². The molecule has 7 heteroatoms. The van der Waals surface area contributed by atoms with Crippen LogP contribution in [0, 0.1) is 5.82 Å². The van der Waals surface area contributed by atoms with Gasteiger partial charge in [0, 0.05) is 24.9 Å². The number of aromatic amines is 1. The Balaban J connectivity index is 1.57. The number of rotatable bonds is 7. The van der Waals surface area contributed by atoms with Gasteiger partial charge in [0.15, 0.2) is 0 Å². The summed E-state index contributed by atoms with van der Waals surface area (Å²) in [5, 5.41) is 10.9. The Bertz CT molecular complexity index is 1220. The Morgan fingerprint density at radius 2 is 1.97 bits per heavy atom. The van der Waals surface area contributed by atoms with Gasteiger partial charge in [0.05, 0.1) is 29.3 Å². The van der Waals surface area contributed by atoms with E-state index < -0.39 is 0 Å². The molecule has 1 amide bonds. The molecule has 0 radical (unpaired) electrons. The molecule has 2 aromatic heterocycles. The maximum absolute atomic E-state index is 13.1. The molecule has 0 aliphatic heterocycles. The summed E-state index contributed by atoms with van der Waals surface area (Å²) in [6, 6.07) is 15.3. The summed E-state index contributed by atoms with van der Waals surface area (Å²) < 4.78 is 18.7. The van der Waals surface area contributed by atoms with E-state index in [1.165, 1.54) is 19.2 Å². The van der Waals surface area contributed by atoms with Crippen molar-refractivity contribution in [1.29, 1.82) is 0 Å². The van der Waals surface area contributed by atoms with Crippen LogP contribution in [0.5, 0.6) is 5.75 Å². The van der Waals surface area contributed by atoms with Crippen molar-refractivity contribution in [3.63, 3.8) is 0 Å². The van der Waals surface area contributed by atoms with E-state index in [0.717, 1.165) is 11.3 Å². The van der Waals surface area contributed by atoms with Gasteiger partial charge in [-0.3, -0.25) is 14.9 Å². The fourth-order valence-electron chi connectivity index (χ4n) is 3.31. The molecule has 0 aliphatic rings. The molecule has 2 aromatic carbocycles. The predicted octanol–water partition coefficient (Wildman–Crippen LogP) is 4.25. The van der Waals surface area contributed by atoms with Crippen LogP contribution in [0.15, 0.2) is 60.8 Å². The molecule has 31 heavy (non-hydrogen) atoms. The zero-order valence-electron chi connectivity index (χ0n) is 16.9. The number of carbonyl (C=O) groups is 1. The molecule has 0 saturated heterocycles. The first-order valence-corrected chi connectivity index (χ1v) is 9.82. The van der Waals surface area contributed by atoms with Gasteiger partial charge in [0.25, 0.3) is 5.91 Å². The highest BCUT2D eigenvalue weighted by atomic mass is 19.1. The van der Waals surface area contributed by atoms with Crippen molar-refractivity contribution in [2.75, 3.05) is 13.7 Å². The van der Waals surface area contributed by atoms with Gasteiger partial charge in [-0.15, -0.1) is 0 Å². The average Bonchev–Trinajstić information content (AvgIpc) is 3.22. The standard InChI is InChI=1S/C24H21FN4O2/c1-31-23-19(24(30)27-15-13-18-4-2-3-14-26-18)10-12-21-22(23)20(28-29-21)11-7-16-5-8-17(25)9-6-16/h2-12,14H,13,15H2,1H3,(H,27,30)(H,28,29)/b11-7+. The lowest BCUT2D eigenvalue weighted by molar-refractivity contribution is 0.0951. The number of H-pyrrole nitrogens is 1. The second-order valence-electron chi connectivity index (χ2n) is 6.89. The van der Waals surface area contributed by atoms with Gasteiger partial charge in [-0.25, -0.2) is 4.39 Å². The number of hydrogen-bond donors (Lipinski definition) is 2. The van der Waals surface area contributed by atoms with E-state index in [9.17, 15) is 9.18 Å². The summed E-state index contributed by atoms with van der Waals surface area (Å²) in [6.07, 6.45) is 6.03. The highest BCUT2D eigenvalue weighted by Crippen LogP contribution is 2.32. The number of hydrogen-bond acceptors (Lipinski definition) is 4. The van der Waals surface area contributed by atoms with E-state index in [1.807, 2.05) is 30.4 Å². The van der Waals surface area contributed by atoms with Crippen molar-refractivity contribution >= 4 is 29.0 Å². The number of nitrogens with zero attached hydrogens (tertiary/aromatic N) is 2. The third-order valence-electron chi connectivity index (χ3n) is 4.86. The van der Waals surface area contributed by atoms with Crippen LogP contribution in [0.25, 0.3) is 23.1 Å². The minimum absolute atomic E-state index is 0.232. The number of halogens is 1. The molecule has 0 spiro atoms. The Kier molecular flexibility index (Phi) is 6.03. The molecule has 0 fully saturated rings. The molecule has 4 rings (SSSR count). The quantitative estimate of drug-likeness (QED) is 0.472. The van der Waals surface area contributed by atoms with E-state index in [0.29, 0.717) is 40.9 Å². The largest absolute Gasteiger partial charge is 0.495 e. The number of fused-ring (bicyclic) bond motifs is 1. The van der Waals surface area contributed by atoms with Gasteiger partial charge in [0.1, 0.15) is 11.6 Å². The molecule has 2 N–H and O–H groups in total. The SMILES string of the molecule is COc1c(C(=O)NCCc2ccccn2)ccc2n[nH]c(/C=C/c3ccc(F)cc3)c12. The van der Waals surface area contributed by atoms with Crippen LogP contribution < -0.4 is 10.1 Å². The zero-order valence-corrected chi connectivity index (χ0v) is 16.9. The molecule has 0 unspecified atom stereocenters. The van der Waals surface area contributed by atoms with Crippen LogP contribution in [0.1, 0.15) is 27.3 Å². The first kappa shape index (κ1) is 20.3. The summed E-state index contributed by atoms with van der Waals surface area (Å²) in [7, 11) is 1.53. The Hall–Kier alpha value is -4.00. The molecule has 0 saturated carbocycles. The van der Waals surface area contributed by atoms with Crippen LogP contribution in [-0.2, 0) is 6.42 Å². The topological polar surface area (TPSA) is 79.9 Å². The number of amides is 1. The van der Waals surface area contributed by atoms with Crippen LogP contribution in [0.4, 0.5) is 4.39 Å². The summed E-state index contributed by atoms with van der Waals surface area (Å²) in [5.41, 5.74) is 3.55. The van der Waals surface area contributed by atoms with Crippen molar-refractivity contribution in [1.82, 2.24) is 20.5 Å². The van der Waals surface area contributed by atoms with Gasteiger partial charge in [-0.1, -0.05) is 24.3 Å². The van der Waals surface area contributed by atoms with Crippen LogP contribution >= 0.6 is 0 Å². The highest BCUT2D eigenvalue weighted by molar-refractivity contribution is 6.05. The van der Waals surface area contributed by atoms with Gasteiger partial charge in [-0.05, 0) is 48.0 Å². The fourth-order valence-corrected chi connectivity index (χ4v) is 3.31. The molecular weight excluding hydrogens is 395 g/mol. The van der Waals surface area contributed by atoms with E-state index in [4.69, 9.17) is 4.74 Å². The maximum atomic E-state index is 13.1. The van der Waals surface area contributed by atoms with Gasteiger partial charge < -0.3 is 10.1 Å². The van der Waals surface area contributed by atoms with Crippen molar-refractivity contribution in [3.8, 4) is 5.75 Å². The zero-order chi connectivity index (χ0) is 21.6. The van der Waals surface area contributed by atoms with Crippen molar-refractivity contribution in [3.05, 3.63) is 89.1 Å². The van der Waals surface area contributed by atoms with Crippen LogP contribution in [0.2, 0.25) is 0 Å². The molecule has 0 bridgehead atoms. The lowest BCUT2D eigenvalue weighted by Gasteiger charge is -2.10. The molecule has 6 nitrogen and oxygen atoms in total. The van der Waals surface area contributed by atoms with Gasteiger partial charge in [0.2, 0.25) is 0 Å². The predicted molar refractivity (Wildman–Crippen MR) is 118 cm³/mol. The molecule has 2 heterocycles. The minimum Gasteiger partial charge on any atom is -0.495 e. The van der Waals surface area contributed by atoms with Gasteiger partial charge in [-0.2, -0.15) is 5.10 Å². The van der Waals surface area contributed by atoms with Crippen molar-refractivity contribution in [2.24, 2.45) is 0 Å². The lowest BCUT2D eigenvalue weighted by atomic mass is 10.1. The molecule has 156 valence electrons. The summed E-state index contributed by atoms with van der Waals surface area (Å²) in [5.74, 6) is -0.0748. The first-order valence-electron chi connectivity index (χ1n) is 9.82. The molecular formula is C24H21FN4O2. The lowest BCUT2D eigenvalue weighted by Crippen LogP contribution is -2.26. The second kappa shape index (κ2) is 9.21. The number of nitrogens with one attached hydrogen (secondary N) is 2. The minimum atomic E-state index is -0.287. The average molecular weight is 416 g/mol. The Labute approximate surface area is 178 Å². The molecule has 0 aliphatic carbocycles. The van der Waals surface area contributed by atoms with Crippen molar-refractivity contribution in [2.45, 2.75) is 6.42 Å². The number of benzene rings is 2. The normalized spacial score (nSPS) is 11.2. The van der Waals surface area contributed by atoms with Gasteiger partial charge >= 0.3 is 0 Å². The second-order valence-corrected chi connectivity index (χ2v) is 6.89. The number of methoxy groups -OCH3 is 1. The number of aromatic nitrogens is 3. The summed E-state index contributed by atoms with van der Waals surface area (Å²) in [4.78, 5) is 17.1. The Morgan fingerprint density at radius 1 is 1.13 bits per heavy atom.